The summed E-state index contributed by atoms with van der Waals surface area (Å²) < 4.78 is 46.1. The molecular formula is C17H23BF2O3. The summed E-state index contributed by atoms with van der Waals surface area (Å²) in [6.45, 7) is 7.57. The second-order valence-electron chi connectivity index (χ2n) is 7.39. The fourth-order valence-corrected chi connectivity index (χ4v) is 2.98. The predicted molar refractivity (Wildman–Crippen MR) is 85.0 cm³/mol. The molecule has 1 aliphatic carbocycles. The summed E-state index contributed by atoms with van der Waals surface area (Å²) >= 11 is 0. The molecule has 0 radical (unpaired) electrons. The van der Waals surface area contributed by atoms with Crippen LogP contribution in [0.15, 0.2) is 12.1 Å². The zero-order chi connectivity index (χ0) is 16.8. The summed E-state index contributed by atoms with van der Waals surface area (Å²) in [5.41, 5.74) is -0.978. The molecule has 0 amide bonds. The summed E-state index contributed by atoms with van der Waals surface area (Å²) in [6.07, 6.45) is 3.61. The van der Waals surface area contributed by atoms with Gasteiger partial charge in [0.2, 0.25) is 0 Å². The minimum Gasteiger partial charge on any atom is -0.484 e. The number of ether oxygens (including phenoxy) is 1. The van der Waals surface area contributed by atoms with E-state index in [1.807, 2.05) is 27.7 Å². The van der Waals surface area contributed by atoms with Crippen molar-refractivity contribution in [2.24, 2.45) is 0 Å². The Hall–Kier alpha value is -1.14. The van der Waals surface area contributed by atoms with Gasteiger partial charge in [-0.1, -0.05) is 6.07 Å². The average Bonchev–Trinajstić information content (AvgIpc) is 3.01. The minimum absolute atomic E-state index is 0.118. The highest BCUT2D eigenvalue weighted by atomic mass is 19.1. The molecule has 0 aromatic heterocycles. The second kappa shape index (κ2) is 5.74. The molecule has 0 N–H and O–H groups in total. The Labute approximate surface area is 136 Å². The van der Waals surface area contributed by atoms with Crippen LogP contribution in [0.4, 0.5) is 8.78 Å². The van der Waals surface area contributed by atoms with Gasteiger partial charge in [-0.05, 0) is 59.4 Å². The van der Waals surface area contributed by atoms with Gasteiger partial charge in [-0.15, -0.1) is 0 Å². The summed E-state index contributed by atoms with van der Waals surface area (Å²) in [5, 5.41) is 0. The molecule has 126 valence electrons. The fourth-order valence-electron chi connectivity index (χ4n) is 2.98. The highest BCUT2D eigenvalue weighted by molar-refractivity contribution is 6.62. The lowest BCUT2D eigenvalue weighted by molar-refractivity contribution is 0.00578. The molecule has 0 unspecified atom stereocenters. The van der Waals surface area contributed by atoms with Crippen LogP contribution >= 0.6 is 0 Å². The van der Waals surface area contributed by atoms with Crippen molar-refractivity contribution in [3.8, 4) is 5.75 Å². The van der Waals surface area contributed by atoms with Crippen LogP contribution in [0.1, 0.15) is 53.4 Å². The Bertz CT molecular complexity index is 582. The molecule has 1 saturated carbocycles. The molecule has 1 aromatic carbocycles. The van der Waals surface area contributed by atoms with Crippen LogP contribution < -0.4 is 10.2 Å². The first-order chi connectivity index (χ1) is 10.7. The first kappa shape index (κ1) is 16.7. The molecule has 0 bridgehead atoms. The summed E-state index contributed by atoms with van der Waals surface area (Å²) in [5.74, 6) is -1.73. The van der Waals surface area contributed by atoms with E-state index in [4.69, 9.17) is 14.0 Å². The monoisotopic (exact) mass is 324 g/mol. The van der Waals surface area contributed by atoms with Crippen LogP contribution in [0.3, 0.4) is 0 Å². The molecule has 2 aliphatic rings. The number of benzene rings is 1. The average molecular weight is 324 g/mol. The van der Waals surface area contributed by atoms with Gasteiger partial charge >= 0.3 is 7.12 Å². The van der Waals surface area contributed by atoms with Crippen molar-refractivity contribution < 1.29 is 22.8 Å². The van der Waals surface area contributed by atoms with Crippen molar-refractivity contribution in [3.05, 3.63) is 23.8 Å². The Morgan fingerprint density at radius 3 is 2.17 bits per heavy atom. The van der Waals surface area contributed by atoms with E-state index in [0.717, 1.165) is 25.7 Å². The van der Waals surface area contributed by atoms with Crippen molar-refractivity contribution in [2.75, 3.05) is 0 Å². The molecule has 1 saturated heterocycles. The van der Waals surface area contributed by atoms with Gasteiger partial charge in [0.05, 0.1) is 17.3 Å². The topological polar surface area (TPSA) is 27.7 Å². The lowest BCUT2D eigenvalue weighted by Gasteiger charge is -2.32. The number of hydrogen-bond donors (Lipinski definition) is 0. The van der Waals surface area contributed by atoms with Crippen molar-refractivity contribution >= 4 is 12.6 Å². The SMILES string of the molecule is CC1(C)OB(c2ccc(F)c(OC3CCCC3)c2F)OC1(C)C. The molecule has 1 aromatic rings. The summed E-state index contributed by atoms with van der Waals surface area (Å²) in [7, 11) is -0.869. The van der Waals surface area contributed by atoms with Crippen molar-refractivity contribution in [1.82, 2.24) is 0 Å². The molecule has 0 spiro atoms. The van der Waals surface area contributed by atoms with E-state index in [2.05, 4.69) is 0 Å². The highest BCUT2D eigenvalue weighted by Crippen LogP contribution is 2.37. The second-order valence-corrected chi connectivity index (χ2v) is 7.39. The van der Waals surface area contributed by atoms with E-state index < -0.39 is 30.0 Å². The molecule has 1 heterocycles. The largest absolute Gasteiger partial charge is 0.498 e. The molecule has 6 heteroatoms. The maximum Gasteiger partial charge on any atom is 0.498 e. The Kier molecular flexibility index (Phi) is 4.17. The number of rotatable bonds is 3. The minimum atomic E-state index is -0.869. The number of halogens is 2. The fraction of sp³-hybridized carbons (Fsp3) is 0.647. The predicted octanol–water partition coefficient (Wildman–Crippen LogP) is 3.59. The Morgan fingerprint density at radius 1 is 1.04 bits per heavy atom. The van der Waals surface area contributed by atoms with E-state index >= 15 is 0 Å². The van der Waals surface area contributed by atoms with Crippen LogP contribution in [0.5, 0.6) is 5.75 Å². The molecule has 1 aliphatic heterocycles. The van der Waals surface area contributed by atoms with Crippen molar-refractivity contribution in [3.63, 3.8) is 0 Å². The van der Waals surface area contributed by atoms with Gasteiger partial charge in [-0.2, -0.15) is 0 Å². The van der Waals surface area contributed by atoms with Crippen molar-refractivity contribution in [1.29, 1.82) is 0 Å². The lowest BCUT2D eigenvalue weighted by atomic mass is 9.78. The van der Waals surface area contributed by atoms with Gasteiger partial charge in [0, 0.05) is 5.46 Å². The Morgan fingerprint density at radius 2 is 1.61 bits per heavy atom. The van der Waals surface area contributed by atoms with Crippen LogP contribution in [-0.4, -0.2) is 24.4 Å². The quantitative estimate of drug-likeness (QED) is 0.796. The van der Waals surface area contributed by atoms with E-state index in [9.17, 15) is 8.78 Å². The van der Waals surface area contributed by atoms with Gasteiger partial charge in [0.15, 0.2) is 17.4 Å². The zero-order valence-corrected chi connectivity index (χ0v) is 14.1. The van der Waals surface area contributed by atoms with Crippen LogP contribution in [0.2, 0.25) is 0 Å². The van der Waals surface area contributed by atoms with Gasteiger partial charge in [-0.3, -0.25) is 0 Å². The summed E-state index contributed by atoms with van der Waals surface area (Å²) in [4.78, 5) is 0. The maximum absolute atomic E-state index is 14.8. The van der Waals surface area contributed by atoms with Gasteiger partial charge in [-0.25, -0.2) is 8.78 Å². The third kappa shape index (κ3) is 2.99. The van der Waals surface area contributed by atoms with E-state index in [-0.39, 0.29) is 17.3 Å². The van der Waals surface area contributed by atoms with Crippen molar-refractivity contribution in [2.45, 2.75) is 70.7 Å². The van der Waals surface area contributed by atoms with Crippen LogP contribution in [-0.2, 0) is 9.31 Å². The highest BCUT2D eigenvalue weighted by Gasteiger charge is 2.52. The first-order valence-electron chi connectivity index (χ1n) is 8.21. The smallest absolute Gasteiger partial charge is 0.484 e. The maximum atomic E-state index is 14.8. The standard InChI is InChI=1S/C17H23BF2O3/c1-16(2)17(3,4)23-18(22-16)12-9-10-13(19)15(14(12)20)21-11-7-5-6-8-11/h9-11H,5-8H2,1-4H3. The van der Waals surface area contributed by atoms with E-state index in [1.165, 1.54) is 12.1 Å². The lowest BCUT2D eigenvalue weighted by Crippen LogP contribution is -2.41. The van der Waals surface area contributed by atoms with Gasteiger partial charge in [0.1, 0.15) is 0 Å². The molecule has 2 fully saturated rings. The molecule has 3 nitrogen and oxygen atoms in total. The van der Waals surface area contributed by atoms with E-state index in [1.54, 1.807) is 0 Å². The van der Waals surface area contributed by atoms with Gasteiger partial charge < -0.3 is 14.0 Å². The molecule has 0 atom stereocenters. The number of hydrogen-bond acceptors (Lipinski definition) is 3. The molecule has 23 heavy (non-hydrogen) atoms. The third-order valence-electron chi connectivity index (χ3n) is 5.17. The molecule has 3 rings (SSSR count). The van der Waals surface area contributed by atoms with Gasteiger partial charge in [0.25, 0.3) is 0 Å². The summed E-state index contributed by atoms with van der Waals surface area (Å²) in [6, 6.07) is 2.59. The normalized spacial score (nSPS) is 23.5. The zero-order valence-electron chi connectivity index (χ0n) is 14.1. The Balaban J connectivity index is 1.89. The van der Waals surface area contributed by atoms with Crippen LogP contribution in [0.25, 0.3) is 0 Å². The third-order valence-corrected chi connectivity index (χ3v) is 5.17. The van der Waals surface area contributed by atoms with E-state index in [0.29, 0.717) is 0 Å². The molecular weight excluding hydrogens is 301 g/mol. The van der Waals surface area contributed by atoms with Crippen LogP contribution in [0, 0.1) is 11.6 Å². The first-order valence-corrected chi connectivity index (χ1v) is 8.21.